The Morgan fingerprint density at radius 3 is 1.70 bits per heavy atom. The van der Waals surface area contributed by atoms with Crippen LogP contribution in [0.25, 0.3) is 106 Å². The van der Waals surface area contributed by atoms with Crippen molar-refractivity contribution in [1.82, 2.24) is 14.5 Å². The van der Waals surface area contributed by atoms with Crippen LogP contribution in [0.4, 0.5) is 0 Å². The number of H-pyrrole nitrogens is 2. The molecule has 0 atom stereocenters. The summed E-state index contributed by atoms with van der Waals surface area (Å²) in [5.74, 6) is 2.50. The number of aromatic nitrogens is 5. The summed E-state index contributed by atoms with van der Waals surface area (Å²) in [6.07, 6.45) is 2.00. The monoisotopic (exact) mass is 729 g/mol. The maximum Gasteiger partial charge on any atom is 0.400 e. The first-order chi connectivity index (χ1) is 28.2. The van der Waals surface area contributed by atoms with Gasteiger partial charge in [0.25, 0.3) is 0 Å². The van der Waals surface area contributed by atoms with Crippen LogP contribution in [0, 0.1) is 0 Å². The fraction of sp³-hybridized carbons (Fsp3) is 0. The van der Waals surface area contributed by atoms with E-state index in [0.717, 1.165) is 73.0 Å². The Bertz CT molecular complexity index is 3210. The minimum Gasteiger partial charge on any atom is -0.309 e. The maximum atomic E-state index is 4.96. The van der Waals surface area contributed by atoms with Crippen LogP contribution in [0.15, 0.2) is 200 Å². The normalized spacial score (nSPS) is 11.5. The molecule has 0 amide bonds. The highest BCUT2D eigenvalue weighted by Gasteiger charge is 2.25. The summed E-state index contributed by atoms with van der Waals surface area (Å²) in [7, 11) is 0. The Morgan fingerprint density at radius 1 is 0.386 bits per heavy atom. The van der Waals surface area contributed by atoms with Gasteiger partial charge in [0, 0.05) is 33.6 Å². The molecule has 11 aromatic rings. The van der Waals surface area contributed by atoms with Crippen LogP contribution in [0.1, 0.15) is 0 Å². The lowest BCUT2D eigenvalue weighted by molar-refractivity contribution is -0.501. The molecule has 0 aliphatic heterocycles. The summed E-state index contributed by atoms with van der Waals surface area (Å²) in [5, 5.41) is 6.09. The van der Waals surface area contributed by atoms with Crippen LogP contribution in [0.5, 0.6) is 0 Å². The zero-order valence-corrected chi connectivity index (χ0v) is 30.9. The standard InChI is InChI=1S/C52H33N5/c1-4-13-36(14-5-1)50-54-51(37-15-6-2-7-16-37)56-52(55-50)38-22-20-34(21-23-38)39-24-27-46-41(30-39)31-42(33-53-46)40-26-28-47-45(32-40)49-44-19-11-10-12-35(44)25-29-48(49)57(47)43-17-8-3-9-18-43/h1-33H/p+2. The zero-order chi connectivity index (χ0) is 37.7. The summed E-state index contributed by atoms with van der Waals surface area (Å²) in [4.78, 5) is 17.0. The zero-order valence-electron chi connectivity index (χ0n) is 30.9. The summed E-state index contributed by atoms with van der Waals surface area (Å²) in [5.41, 5.74) is 12.1. The number of aromatic amines is 2. The van der Waals surface area contributed by atoms with Crippen molar-refractivity contribution in [1.29, 1.82) is 0 Å². The molecular formula is C52H35N5+2. The van der Waals surface area contributed by atoms with Gasteiger partial charge < -0.3 is 4.57 Å². The van der Waals surface area contributed by atoms with E-state index in [2.05, 4.69) is 172 Å². The second-order valence-electron chi connectivity index (χ2n) is 14.5. The topological polar surface area (TPSA) is 59.0 Å². The van der Waals surface area contributed by atoms with E-state index in [1.165, 1.54) is 32.6 Å². The smallest absolute Gasteiger partial charge is 0.309 e. The highest BCUT2D eigenvalue weighted by atomic mass is 15.0. The molecule has 0 radical (unpaired) electrons. The average molecular weight is 730 g/mol. The SMILES string of the molecule is c1ccc(-c2nc(-c3ccccc3)[nH+]c(-c3ccc(-c4ccc5ncc(-c6ccc7c(c6)c6c8ccccc8ccc6n7-c6ccccc6)cc5c4)cc3)[nH+]2)cc1. The van der Waals surface area contributed by atoms with E-state index in [1.54, 1.807) is 0 Å². The van der Waals surface area contributed by atoms with E-state index in [1.807, 2.05) is 42.6 Å². The summed E-state index contributed by atoms with van der Waals surface area (Å²) >= 11 is 0. The molecule has 5 nitrogen and oxygen atoms in total. The van der Waals surface area contributed by atoms with E-state index in [0.29, 0.717) is 0 Å². The predicted octanol–water partition coefficient (Wildman–Crippen LogP) is 11.8. The van der Waals surface area contributed by atoms with Crippen LogP contribution < -0.4 is 9.97 Å². The van der Waals surface area contributed by atoms with E-state index < -0.39 is 0 Å². The van der Waals surface area contributed by atoms with Crippen molar-refractivity contribution in [3.63, 3.8) is 0 Å². The van der Waals surface area contributed by atoms with Crippen molar-refractivity contribution in [2.75, 3.05) is 0 Å². The van der Waals surface area contributed by atoms with Gasteiger partial charge in [-0.25, -0.2) is 0 Å². The number of nitrogens with one attached hydrogen (secondary N) is 2. The van der Waals surface area contributed by atoms with E-state index in [-0.39, 0.29) is 0 Å². The molecule has 8 aromatic carbocycles. The number of rotatable bonds is 6. The minimum atomic E-state index is 0.805. The van der Waals surface area contributed by atoms with Gasteiger partial charge in [0.15, 0.2) is 0 Å². The van der Waals surface area contributed by atoms with Crippen LogP contribution in [-0.2, 0) is 0 Å². The lowest BCUT2D eigenvalue weighted by Crippen LogP contribution is -2.27. The van der Waals surface area contributed by atoms with Gasteiger partial charge in [-0.2, -0.15) is 9.97 Å². The largest absolute Gasteiger partial charge is 0.400 e. The van der Waals surface area contributed by atoms with E-state index in [9.17, 15) is 0 Å². The van der Waals surface area contributed by atoms with Gasteiger partial charge in [-0.1, -0.05) is 109 Å². The maximum absolute atomic E-state index is 4.96. The molecule has 0 bridgehead atoms. The predicted molar refractivity (Wildman–Crippen MR) is 232 cm³/mol. The highest BCUT2D eigenvalue weighted by molar-refractivity contribution is 6.22. The number of pyridine rings is 1. The van der Waals surface area contributed by atoms with Gasteiger partial charge in [-0.15, -0.1) is 0 Å². The number of para-hydroxylation sites is 1. The van der Waals surface area contributed by atoms with Gasteiger partial charge in [-0.3, -0.25) is 4.98 Å². The number of benzene rings is 8. The molecule has 0 unspecified atom stereocenters. The molecule has 0 spiro atoms. The molecule has 0 aliphatic rings. The Morgan fingerprint density at radius 2 is 0.965 bits per heavy atom. The van der Waals surface area contributed by atoms with Gasteiger partial charge in [0.1, 0.15) is 0 Å². The van der Waals surface area contributed by atoms with Gasteiger partial charge in [0.05, 0.1) is 38.2 Å². The second-order valence-corrected chi connectivity index (χ2v) is 14.5. The molecule has 11 rings (SSSR count). The van der Waals surface area contributed by atoms with E-state index >= 15 is 0 Å². The van der Waals surface area contributed by atoms with Crippen molar-refractivity contribution < 1.29 is 9.97 Å². The molecule has 3 heterocycles. The Balaban J connectivity index is 0.972. The van der Waals surface area contributed by atoms with Crippen molar-refractivity contribution in [3.05, 3.63) is 200 Å². The van der Waals surface area contributed by atoms with Gasteiger partial charge in [0.2, 0.25) is 0 Å². The van der Waals surface area contributed by atoms with Crippen LogP contribution >= 0.6 is 0 Å². The van der Waals surface area contributed by atoms with E-state index in [4.69, 9.17) is 9.97 Å². The summed E-state index contributed by atoms with van der Waals surface area (Å²) in [6, 6.07) is 68.6. The third-order valence-electron chi connectivity index (χ3n) is 11.0. The van der Waals surface area contributed by atoms with Crippen molar-refractivity contribution in [2.24, 2.45) is 0 Å². The van der Waals surface area contributed by atoms with Gasteiger partial charge >= 0.3 is 17.5 Å². The molecule has 5 heteroatoms. The molecule has 2 N–H and O–H groups in total. The molecule has 0 fully saturated rings. The Hall–Kier alpha value is -7.76. The summed E-state index contributed by atoms with van der Waals surface area (Å²) in [6.45, 7) is 0. The Labute approximate surface area is 329 Å². The molecule has 0 saturated carbocycles. The number of hydrogen-bond acceptors (Lipinski definition) is 2. The molecular weight excluding hydrogens is 695 g/mol. The summed E-state index contributed by atoms with van der Waals surface area (Å²) < 4.78 is 2.38. The third-order valence-corrected chi connectivity index (χ3v) is 11.0. The van der Waals surface area contributed by atoms with Crippen LogP contribution in [-0.4, -0.2) is 14.5 Å². The van der Waals surface area contributed by atoms with Crippen molar-refractivity contribution in [3.8, 4) is 62.1 Å². The van der Waals surface area contributed by atoms with Crippen molar-refractivity contribution in [2.45, 2.75) is 0 Å². The molecule has 0 aliphatic carbocycles. The fourth-order valence-electron chi connectivity index (χ4n) is 8.17. The Kier molecular flexibility index (Phi) is 7.74. The average Bonchev–Trinajstić information content (AvgIpc) is 3.63. The minimum absolute atomic E-state index is 0.805. The lowest BCUT2D eigenvalue weighted by Gasteiger charge is -2.09. The van der Waals surface area contributed by atoms with Crippen LogP contribution in [0.2, 0.25) is 0 Å². The van der Waals surface area contributed by atoms with Crippen molar-refractivity contribution >= 4 is 43.5 Å². The first-order valence-corrected chi connectivity index (χ1v) is 19.2. The first-order valence-electron chi connectivity index (χ1n) is 19.2. The fourth-order valence-corrected chi connectivity index (χ4v) is 8.17. The quantitative estimate of drug-likeness (QED) is 0.171. The molecule has 3 aromatic heterocycles. The van der Waals surface area contributed by atoms with Gasteiger partial charge in [-0.05, 0) is 112 Å². The third kappa shape index (κ3) is 5.81. The molecule has 266 valence electrons. The number of nitrogens with zero attached hydrogens (tertiary/aromatic N) is 3. The highest BCUT2D eigenvalue weighted by Crippen LogP contribution is 2.39. The number of hydrogen-bond donors (Lipinski definition) is 0. The first kappa shape index (κ1) is 32.7. The lowest BCUT2D eigenvalue weighted by atomic mass is 9.98. The molecule has 0 saturated heterocycles. The second kappa shape index (κ2) is 13.5. The van der Waals surface area contributed by atoms with Crippen LogP contribution in [0.3, 0.4) is 0 Å². The number of fused-ring (bicyclic) bond motifs is 6. The molecule has 57 heavy (non-hydrogen) atoms.